The average Bonchev–Trinajstić information content (AvgIpc) is 2.63. The number of furan rings is 1. The van der Waals surface area contributed by atoms with Crippen LogP contribution in [0.5, 0.6) is 0 Å². The normalized spacial score (nSPS) is 25.7. The topological polar surface area (TPSA) is 37.5 Å². The third-order valence-corrected chi connectivity index (χ3v) is 4.70. The molecule has 3 atom stereocenters. The number of aryl methyl sites for hydroxylation is 2. The van der Waals surface area contributed by atoms with Crippen LogP contribution in [-0.2, 0) is 0 Å². The predicted octanol–water partition coefficient (Wildman–Crippen LogP) is 3.67. The SMILES string of the molecule is Cc1cc(C(C)NC2=NC(C)C(C)CS2)c(C)o1. The number of rotatable bonds is 2. The highest BCUT2D eigenvalue weighted by atomic mass is 32.2. The molecule has 2 heterocycles. The van der Waals surface area contributed by atoms with E-state index in [1.807, 2.05) is 25.6 Å². The van der Waals surface area contributed by atoms with Crippen molar-refractivity contribution in [1.29, 1.82) is 0 Å². The minimum Gasteiger partial charge on any atom is -0.466 e. The van der Waals surface area contributed by atoms with E-state index < -0.39 is 0 Å². The number of aliphatic imine (C=N–C) groups is 1. The number of nitrogens with one attached hydrogen (secondary N) is 1. The first kappa shape index (κ1) is 13.5. The summed E-state index contributed by atoms with van der Waals surface area (Å²) in [4.78, 5) is 4.70. The molecule has 1 aromatic rings. The maximum Gasteiger partial charge on any atom is 0.157 e. The number of hydrogen-bond donors (Lipinski definition) is 1. The summed E-state index contributed by atoms with van der Waals surface area (Å²) in [6.07, 6.45) is 0. The number of hydrogen-bond acceptors (Lipinski definition) is 4. The second kappa shape index (κ2) is 5.39. The Morgan fingerprint density at radius 3 is 2.72 bits per heavy atom. The van der Waals surface area contributed by atoms with Crippen LogP contribution in [-0.4, -0.2) is 17.0 Å². The van der Waals surface area contributed by atoms with Gasteiger partial charge in [0.2, 0.25) is 0 Å². The third-order valence-electron chi connectivity index (χ3n) is 3.51. The molecule has 2 rings (SSSR count). The zero-order valence-electron chi connectivity index (χ0n) is 11.8. The Bertz CT molecular complexity index is 453. The summed E-state index contributed by atoms with van der Waals surface area (Å²) in [5.74, 6) is 3.77. The smallest absolute Gasteiger partial charge is 0.157 e. The van der Waals surface area contributed by atoms with Gasteiger partial charge in [-0.3, -0.25) is 4.99 Å². The first-order chi connectivity index (χ1) is 8.47. The van der Waals surface area contributed by atoms with Crippen molar-refractivity contribution in [2.45, 2.75) is 46.7 Å². The highest BCUT2D eigenvalue weighted by molar-refractivity contribution is 8.13. The summed E-state index contributed by atoms with van der Waals surface area (Å²) in [5, 5.41) is 4.55. The molecule has 18 heavy (non-hydrogen) atoms. The Kier molecular flexibility index (Phi) is 4.05. The largest absolute Gasteiger partial charge is 0.466 e. The molecule has 0 spiro atoms. The zero-order chi connectivity index (χ0) is 13.3. The van der Waals surface area contributed by atoms with Gasteiger partial charge >= 0.3 is 0 Å². The summed E-state index contributed by atoms with van der Waals surface area (Å²) >= 11 is 1.82. The van der Waals surface area contributed by atoms with Crippen LogP contribution in [0.3, 0.4) is 0 Å². The molecule has 0 radical (unpaired) electrons. The van der Waals surface area contributed by atoms with Gasteiger partial charge in [-0.25, -0.2) is 0 Å². The van der Waals surface area contributed by atoms with E-state index in [0.717, 1.165) is 22.4 Å². The molecule has 1 aliphatic heterocycles. The summed E-state index contributed by atoms with van der Waals surface area (Å²) in [5.41, 5.74) is 1.22. The highest BCUT2D eigenvalue weighted by Gasteiger charge is 2.21. The van der Waals surface area contributed by atoms with Gasteiger partial charge < -0.3 is 9.73 Å². The molecule has 0 bridgehead atoms. The fourth-order valence-electron chi connectivity index (χ4n) is 2.12. The lowest BCUT2D eigenvalue weighted by Crippen LogP contribution is -2.31. The van der Waals surface area contributed by atoms with Crippen LogP contribution in [0.1, 0.15) is 43.9 Å². The second-order valence-corrected chi connectivity index (χ2v) is 6.21. The summed E-state index contributed by atoms with van der Waals surface area (Å²) in [6, 6.07) is 2.76. The molecule has 1 aromatic heterocycles. The molecule has 4 heteroatoms. The van der Waals surface area contributed by atoms with E-state index in [1.165, 1.54) is 5.56 Å². The maximum atomic E-state index is 5.58. The standard InChI is InChI=1S/C14H22N2OS/c1-8-7-18-14(15-10(8)3)16-11(4)13-6-9(2)17-12(13)5/h6,8,10-11H,7H2,1-5H3,(H,15,16). The van der Waals surface area contributed by atoms with Crippen molar-refractivity contribution in [3.05, 3.63) is 23.2 Å². The molecule has 0 saturated carbocycles. The number of amidine groups is 1. The Morgan fingerprint density at radius 2 is 2.17 bits per heavy atom. The molecular formula is C14H22N2OS. The van der Waals surface area contributed by atoms with E-state index in [-0.39, 0.29) is 6.04 Å². The summed E-state index contributed by atoms with van der Waals surface area (Å²) in [6.45, 7) is 10.6. The Balaban J connectivity index is 2.06. The van der Waals surface area contributed by atoms with Crippen LogP contribution in [0.4, 0.5) is 0 Å². The number of nitrogens with zero attached hydrogens (tertiary/aromatic N) is 1. The molecule has 3 nitrogen and oxygen atoms in total. The Labute approximate surface area is 113 Å². The molecule has 100 valence electrons. The minimum absolute atomic E-state index is 0.245. The van der Waals surface area contributed by atoms with Gasteiger partial charge in [0.05, 0.1) is 12.1 Å². The quantitative estimate of drug-likeness (QED) is 0.887. The van der Waals surface area contributed by atoms with E-state index in [0.29, 0.717) is 12.0 Å². The molecule has 1 N–H and O–H groups in total. The fourth-order valence-corrected chi connectivity index (χ4v) is 3.32. The van der Waals surface area contributed by atoms with Gasteiger partial charge in [-0.1, -0.05) is 18.7 Å². The van der Waals surface area contributed by atoms with Gasteiger partial charge in [-0.2, -0.15) is 0 Å². The molecule has 0 aromatic carbocycles. The molecule has 0 saturated heterocycles. The van der Waals surface area contributed by atoms with Crippen LogP contribution in [0.2, 0.25) is 0 Å². The number of thioether (sulfide) groups is 1. The second-order valence-electron chi connectivity index (χ2n) is 5.20. The van der Waals surface area contributed by atoms with Crippen LogP contribution in [0.15, 0.2) is 15.5 Å². The van der Waals surface area contributed by atoms with E-state index in [4.69, 9.17) is 9.41 Å². The third kappa shape index (κ3) is 2.91. The van der Waals surface area contributed by atoms with Crippen molar-refractivity contribution in [2.24, 2.45) is 10.9 Å². The van der Waals surface area contributed by atoms with Crippen molar-refractivity contribution < 1.29 is 4.42 Å². The van der Waals surface area contributed by atoms with E-state index in [2.05, 4.69) is 32.2 Å². The molecular weight excluding hydrogens is 244 g/mol. The zero-order valence-corrected chi connectivity index (χ0v) is 12.6. The Morgan fingerprint density at radius 1 is 1.44 bits per heavy atom. The highest BCUT2D eigenvalue weighted by Crippen LogP contribution is 2.25. The molecule has 0 fully saturated rings. The lowest BCUT2D eigenvalue weighted by atomic mass is 10.1. The van der Waals surface area contributed by atoms with Crippen molar-refractivity contribution in [1.82, 2.24) is 5.32 Å². The molecule has 0 aliphatic carbocycles. The van der Waals surface area contributed by atoms with Gasteiger partial charge in [0, 0.05) is 11.3 Å². The van der Waals surface area contributed by atoms with E-state index in [1.54, 1.807) is 0 Å². The lowest BCUT2D eigenvalue weighted by Gasteiger charge is -2.25. The van der Waals surface area contributed by atoms with Crippen molar-refractivity contribution in [3.8, 4) is 0 Å². The maximum absolute atomic E-state index is 5.58. The molecule has 3 unspecified atom stereocenters. The van der Waals surface area contributed by atoms with Crippen LogP contribution < -0.4 is 5.32 Å². The van der Waals surface area contributed by atoms with Gasteiger partial charge in [0.1, 0.15) is 11.5 Å². The Hall–Kier alpha value is -0.900. The molecule has 0 amide bonds. The minimum atomic E-state index is 0.245. The van der Waals surface area contributed by atoms with Gasteiger partial charge in [-0.05, 0) is 39.7 Å². The van der Waals surface area contributed by atoms with Crippen LogP contribution >= 0.6 is 11.8 Å². The average molecular weight is 266 g/mol. The monoisotopic (exact) mass is 266 g/mol. The van der Waals surface area contributed by atoms with Gasteiger partial charge in [-0.15, -0.1) is 0 Å². The van der Waals surface area contributed by atoms with Gasteiger partial charge in [0.25, 0.3) is 0 Å². The van der Waals surface area contributed by atoms with Crippen molar-refractivity contribution in [2.75, 3.05) is 5.75 Å². The van der Waals surface area contributed by atoms with E-state index in [9.17, 15) is 0 Å². The van der Waals surface area contributed by atoms with Crippen LogP contribution in [0, 0.1) is 19.8 Å². The lowest BCUT2D eigenvalue weighted by molar-refractivity contribution is 0.496. The summed E-state index contributed by atoms with van der Waals surface area (Å²) in [7, 11) is 0. The first-order valence-corrected chi connectivity index (χ1v) is 7.50. The van der Waals surface area contributed by atoms with Gasteiger partial charge in [0.15, 0.2) is 5.17 Å². The van der Waals surface area contributed by atoms with Crippen molar-refractivity contribution in [3.63, 3.8) is 0 Å². The summed E-state index contributed by atoms with van der Waals surface area (Å²) < 4.78 is 5.58. The van der Waals surface area contributed by atoms with Crippen molar-refractivity contribution >= 4 is 16.9 Å². The van der Waals surface area contributed by atoms with E-state index >= 15 is 0 Å². The first-order valence-electron chi connectivity index (χ1n) is 6.51. The predicted molar refractivity (Wildman–Crippen MR) is 78.3 cm³/mol. The van der Waals surface area contributed by atoms with Crippen LogP contribution in [0.25, 0.3) is 0 Å². The fraction of sp³-hybridized carbons (Fsp3) is 0.643. The molecule has 1 aliphatic rings.